The lowest BCUT2D eigenvalue weighted by molar-refractivity contribution is -0.148. The van der Waals surface area contributed by atoms with E-state index >= 15 is 0 Å². The van der Waals surface area contributed by atoms with Crippen LogP contribution in [0.2, 0.25) is 0 Å². The third kappa shape index (κ3) is 4.15. The van der Waals surface area contributed by atoms with Crippen molar-refractivity contribution in [1.82, 2.24) is 10.5 Å². The zero-order chi connectivity index (χ0) is 17.0. The van der Waals surface area contributed by atoms with Gasteiger partial charge in [0.25, 0.3) is 0 Å². The number of aromatic nitrogens is 1. The van der Waals surface area contributed by atoms with Gasteiger partial charge in [0.2, 0.25) is 5.91 Å². The molecule has 0 aliphatic rings. The predicted molar refractivity (Wildman–Crippen MR) is 79.7 cm³/mol. The van der Waals surface area contributed by atoms with Gasteiger partial charge in [0.1, 0.15) is 17.4 Å². The van der Waals surface area contributed by atoms with Crippen molar-refractivity contribution in [3.05, 3.63) is 41.8 Å². The Kier molecular flexibility index (Phi) is 5.10. The highest BCUT2D eigenvalue weighted by Gasteiger charge is 2.29. The van der Waals surface area contributed by atoms with Gasteiger partial charge in [-0.2, -0.15) is 0 Å². The summed E-state index contributed by atoms with van der Waals surface area (Å²) in [5.41, 5.74) is 1.10. The Hall–Kier alpha value is -2.70. The fourth-order valence-corrected chi connectivity index (χ4v) is 2.13. The van der Waals surface area contributed by atoms with Crippen LogP contribution in [0.1, 0.15) is 19.5 Å². The summed E-state index contributed by atoms with van der Waals surface area (Å²) in [5, 5.41) is 15.4. The van der Waals surface area contributed by atoms with Gasteiger partial charge in [0.05, 0.1) is 6.54 Å². The minimum Gasteiger partial charge on any atom is -0.481 e. The smallest absolute Gasteiger partial charge is 0.316 e. The quantitative estimate of drug-likeness (QED) is 0.798. The highest BCUT2D eigenvalue weighted by molar-refractivity contribution is 5.97. The van der Waals surface area contributed by atoms with Crippen molar-refractivity contribution in [1.29, 1.82) is 0 Å². The Labute approximate surface area is 132 Å². The second kappa shape index (κ2) is 7.04. The van der Waals surface area contributed by atoms with E-state index in [9.17, 15) is 14.0 Å². The van der Waals surface area contributed by atoms with Gasteiger partial charge in [0.15, 0.2) is 5.76 Å². The van der Waals surface area contributed by atoms with Gasteiger partial charge in [-0.05, 0) is 30.2 Å². The van der Waals surface area contributed by atoms with Crippen molar-refractivity contribution in [3.8, 4) is 11.3 Å². The van der Waals surface area contributed by atoms with E-state index in [2.05, 4.69) is 10.5 Å². The molecule has 1 unspecified atom stereocenters. The Morgan fingerprint density at radius 2 is 1.96 bits per heavy atom. The summed E-state index contributed by atoms with van der Waals surface area (Å²) in [6.07, 6.45) is 0. The first-order valence-electron chi connectivity index (χ1n) is 7.10. The number of hydrogen-bond acceptors (Lipinski definition) is 4. The largest absolute Gasteiger partial charge is 0.481 e. The molecule has 1 atom stereocenters. The molecule has 0 aliphatic carbocycles. The van der Waals surface area contributed by atoms with Crippen LogP contribution in [-0.4, -0.2) is 22.1 Å². The Balaban J connectivity index is 2.01. The van der Waals surface area contributed by atoms with E-state index < -0.39 is 17.8 Å². The number of benzene rings is 1. The number of carboxylic acid groups (broad SMARTS) is 1. The first-order chi connectivity index (χ1) is 10.9. The average Bonchev–Trinajstić information content (AvgIpc) is 2.94. The van der Waals surface area contributed by atoms with Crippen LogP contribution >= 0.6 is 0 Å². The lowest BCUT2D eigenvalue weighted by Crippen LogP contribution is -2.38. The first-order valence-corrected chi connectivity index (χ1v) is 7.10. The molecule has 0 aliphatic heterocycles. The molecular weight excluding hydrogens is 303 g/mol. The Bertz CT molecular complexity index is 694. The van der Waals surface area contributed by atoms with Crippen molar-refractivity contribution in [3.63, 3.8) is 0 Å². The fraction of sp³-hybridized carbons (Fsp3) is 0.312. The summed E-state index contributed by atoms with van der Waals surface area (Å²) in [6.45, 7) is 3.39. The molecule has 0 bridgehead atoms. The monoisotopic (exact) mass is 320 g/mol. The van der Waals surface area contributed by atoms with Crippen molar-refractivity contribution >= 4 is 11.9 Å². The number of halogens is 1. The van der Waals surface area contributed by atoms with Crippen molar-refractivity contribution < 1.29 is 23.6 Å². The number of nitrogens with one attached hydrogen (secondary N) is 1. The van der Waals surface area contributed by atoms with Gasteiger partial charge in [0, 0.05) is 11.6 Å². The second-order valence-electron chi connectivity index (χ2n) is 5.47. The molecule has 7 heteroatoms. The molecule has 122 valence electrons. The normalized spacial score (nSPS) is 12.2. The molecule has 1 heterocycles. The van der Waals surface area contributed by atoms with Gasteiger partial charge < -0.3 is 14.9 Å². The number of amides is 1. The molecule has 1 aromatic heterocycles. The number of carbonyl (C=O) groups excluding carboxylic acids is 1. The van der Waals surface area contributed by atoms with Crippen LogP contribution < -0.4 is 5.32 Å². The highest BCUT2D eigenvalue weighted by Crippen LogP contribution is 2.20. The maximum atomic E-state index is 12.9. The van der Waals surface area contributed by atoms with E-state index in [1.54, 1.807) is 32.0 Å². The number of hydrogen-bond donors (Lipinski definition) is 2. The minimum absolute atomic E-state index is 0.0556. The SMILES string of the molecule is CC(C)C(C(=O)O)C(=O)NCc1cc(-c2ccc(F)cc2)on1. The van der Waals surface area contributed by atoms with Gasteiger partial charge >= 0.3 is 5.97 Å². The first kappa shape index (κ1) is 16.7. The average molecular weight is 320 g/mol. The van der Waals surface area contributed by atoms with E-state index in [0.29, 0.717) is 17.0 Å². The summed E-state index contributed by atoms with van der Waals surface area (Å²) in [5.74, 6) is -3.08. The number of rotatable bonds is 6. The molecule has 23 heavy (non-hydrogen) atoms. The molecule has 2 rings (SSSR count). The number of nitrogens with zero attached hydrogens (tertiary/aromatic N) is 1. The summed E-state index contributed by atoms with van der Waals surface area (Å²) in [4.78, 5) is 23.0. The van der Waals surface area contributed by atoms with Crippen LogP contribution in [0.3, 0.4) is 0 Å². The molecule has 0 fully saturated rings. The Morgan fingerprint density at radius 3 is 2.52 bits per heavy atom. The maximum absolute atomic E-state index is 12.9. The van der Waals surface area contributed by atoms with Gasteiger partial charge in [-0.1, -0.05) is 19.0 Å². The van der Waals surface area contributed by atoms with E-state index in [1.165, 1.54) is 12.1 Å². The van der Waals surface area contributed by atoms with E-state index in [-0.39, 0.29) is 18.3 Å². The zero-order valence-electron chi connectivity index (χ0n) is 12.7. The Morgan fingerprint density at radius 1 is 1.30 bits per heavy atom. The third-order valence-corrected chi connectivity index (χ3v) is 3.35. The lowest BCUT2D eigenvalue weighted by Gasteiger charge is -2.15. The van der Waals surface area contributed by atoms with Gasteiger partial charge in [-0.25, -0.2) is 4.39 Å². The number of carbonyl (C=O) groups is 2. The minimum atomic E-state index is -1.16. The summed E-state index contributed by atoms with van der Waals surface area (Å²) >= 11 is 0. The lowest BCUT2D eigenvalue weighted by atomic mass is 9.95. The molecule has 0 saturated heterocycles. The van der Waals surface area contributed by atoms with Gasteiger partial charge in [-0.3, -0.25) is 9.59 Å². The van der Waals surface area contributed by atoms with Crippen molar-refractivity contribution in [2.75, 3.05) is 0 Å². The maximum Gasteiger partial charge on any atom is 0.316 e. The van der Waals surface area contributed by atoms with E-state index in [4.69, 9.17) is 9.63 Å². The van der Waals surface area contributed by atoms with Crippen LogP contribution in [0.15, 0.2) is 34.9 Å². The molecule has 0 radical (unpaired) electrons. The second-order valence-corrected chi connectivity index (χ2v) is 5.47. The van der Waals surface area contributed by atoms with Crippen molar-refractivity contribution in [2.45, 2.75) is 20.4 Å². The molecule has 2 N–H and O–H groups in total. The topological polar surface area (TPSA) is 92.4 Å². The summed E-state index contributed by atoms with van der Waals surface area (Å²) in [6, 6.07) is 7.33. The molecular formula is C16H17FN2O4. The molecule has 0 saturated carbocycles. The molecule has 0 spiro atoms. The van der Waals surface area contributed by atoms with Gasteiger partial charge in [-0.15, -0.1) is 0 Å². The fourth-order valence-electron chi connectivity index (χ4n) is 2.13. The highest BCUT2D eigenvalue weighted by atomic mass is 19.1. The standard InChI is InChI=1S/C16H17FN2O4/c1-9(2)14(16(21)22)15(20)18-8-12-7-13(23-19-12)10-3-5-11(17)6-4-10/h3-7,9,14H,8H2,1-2H3,(H,18,20)(H,21,22). The van der Waals surface area contributed by atoms with Crippen LogP contribution in [0, 0.1) is 17.7 Å². The zero-order valence-corrected chi connectivity index (χ0v) is 12.7. The predicted octanol–water partition coefficient (Wildman–Crippen LogP) is 2.45. The molecule has 1 amide bonds. The number of carboxylic acids is 1. The van der Waals surface area contributed by atoms with Crippen LogP contribution in [0.5, 0.6) is 0 Å². The molecule has 1 aromatic carbocycles. The van der Waals surface area contributed by atoms with Crippen LogP contribution in [0.4, 0.5) is 4.39 Å². The number of aliphatic carboxylic acids is 1. The van der Waals surface area contributed by atoms with E-state index in [1.807, 2.05) is 0 Å². The van der Waals surface area contributed by atoms with Crippen LogP contribution in [-0.2, 0) is 16.1 Å². The van der Waals surface area contributed by atoms with Crippen molar-refractivity contribution in [2.24, 2.45) is 11.8 Å². The summed E-state index contributed by atoms with van der Waals surface area (Å²) in [7, 11) is 0. The summed E-state index contributed by atoms with van der Waals surface area (Å²) < 4.78 is 18.0. The van der Waals surface area contributed by atoms with Crippen LogP contribution in [0.25, 0.3) is 11.3 Å². The molecule has 2 aromatic rings. The third-order valence-electron chi connectivity index (χ3n) is 3.35. The van der Waals surface area contributed by atoms with E-state index in [0.717, 1.165) is 0 Å². The molecule has 6 nitrogen and oxygen atoms in total.